The van der Waals surface area contributed by atoms with E-state index in [-0.39, 0.29) is 18.1 Å². The third-order valence-electron chi connectivity index (χ3n) is 4.21. The molecule has 2 heterocycles. The second-order valence-electron chi connectivity index (χ2n) is 5.91. The molecule has 0 aliphatic heterocycles. The Labute approximate surface area is 151 Å². The minimum absolute atomic E-state index is 0.239. The molecule has 0 fully saturated rings. The van der Waals surface area contributed by atoms with Gasteiger partial charge < -0.3 is 14.1 Å². The molecular formula is C20H19N3O3. The first-order valence-electron chi connectivity index (χ1n) is 8.26. The summed E-state index contributed by atoms with van der Waals surface area (Å²) in [6, 6.07) is 11.2. The maximum Gasteiger partial charge on any atom is 0.290 e. The van der Waals surface area contributed by atoms with Crippen LogP contribution in [0.5, 0.6) is 5.75 Å². The number of hydrogen-bond donors (Lipinski definition) is 0. The maximum atomic E-state index is 13.1. The monoisotopic (exact) mass is 349 g/mol. The molecule has 0 atom stereocenters. The Morgan fingerprint density at radius 1 is 1.38 bits per heavy atom. The van der Waals surface area contributed by atoms with Gasteiger partial charge in [-0.2, -0.15) is 5.26 Å². The number of methoxy groups -OCH3 is 1. The minimum atomic E-state index is -0.239. The van der Waals surface area contributed by atoms with Gasteiger partial charge in [0.15, 0.2) is 5.76 Å². The van der Waals surface area contributed by atoms with E-state index in [9.17, 15) is 4.79 Å². The fourth-order valence-corrected chi connectivity index (χ4v) is 2.82. The molecule has 0 bridgehead atoms. The Bertz CT molecular complexity index is 958. The number of rotatable bonds is 6. The molecule has 1 aromatic carbocycles. The van der Waals surface area contributed by atoms with Crippen molar-refractivity contribution in [1.29, 1.82) is 5.26 Å². The fraction of sp³-hybridized carbons (Fsp3) is 0.250. The van der Waals surface area contributed by atoms with Crippen molar-refractivity contribution in [2.24, 2.45) is 0 Å². The van der Waals surface area contributed by atoms with Crippen LogP contribution in [-0.4, -0.2) is 29.4 Å². The molecule has 0 saturated carbocycles. The summed E-state index contributed by atoms with van der Waals surface area (Å²) in [6.07, 6.45) is 3.64. The lowest BCUT2D eigenvalue weighted by atomic mass is 10.1. The molecule has 3 rings (SSSR count). The molecular weight excluding hydrogens is 330 g/mol. The van der Waals surface area contributed by atoms with Crippen LogP contribution in [-0.2, 0) is 6.54 Å². The average Bonchev–Trinajstić information content (AvgIpc) is 3.01. The Hall–Kier alpha value is -3.33. The van der Waals surface area contributed by atoms with Crippen molar-refractivity contribution in [3.8, 4) is 11.8 Å². The average molecular weight is 349 g/mol. The summed E-state index contributed by atoms with van der Waals surface area (Å²) in [5.41, 5.74) is 2.29. The highest BCUT2D eigenvalue weighted by atomic mass is 16.5. The zero-order chi connectivity index (χ0) is 18.5. The molecule has 6 heteroatoms. The third-order valence-corrected chi connectivity index (χ3v) is 4.21. The lowest BCUT2D eigenvalue weighted by Crippen LogP contribution is -2.31. The van der Waals surface area contributed by atoms with E-state index in [1.165, 1.54) is 0 Å². The smallest absolute Gasteiger partial charge is 0.290 e. The van der Waals surface area contributed by atoms with E-state index in [0.717, 1.165) is 16.5 Å². The van der Waals surface area contributed by atoms with Crippen molar-refractivity contribution in [1.82, 2.24) is 9.88 Å². The van der Waals surface area contributed by atoms with Crippen LogP contribution < -0.4 is 4.74 Å². The van der Waals surface area contributed by atoms with Gasteiger partial charge in [0, 0.05) is 36.4 Å². The van der Waals surface area contributed by atoms with Crippen LogP contribution in [0.4, 0.5) is 0 Å². The summed E-state index contributed by atoms with van der Waals surface area (Å²) in [4.78, 5) is 18.8. The first-order chi connectivity index (χ1) is 12.6. The number of aromatic nitrogens is 1. The van der Waals surface area contributed by atoms with E-state index < -0.39 is 0 Å². The van der Waals surface area contributed by atoms with Gasteiger partial charge >= 0.3 is 0 Å². The normalized spacial score (nSPS) is 10.5. The Kier molecular flexibility index (Phi) is 5.18. The lowest BCUT2D eigenvalue weighted by Gasteiger charge is -2.20. The molecule has 0 saturated heterocycles. The van der Waals surface area contributed by atoms with Crippen LogP contribution in [0.15, 0.2) is 47.1 Å². The van der Waals surface area contributed by atoms with E-state index in [1.54, 1.807) is 36.5 Å². The highest BCUT2D eigenvalue weighted by Gasteiger charge is 2.23. The van der Waals surface area contributed by atoms with E-state index in [1.807, 2.05) is 25.1 Å². The molecule has 6 nitrogen and oxygen atoms in total. The van der Waals surface area contributed by atoms with Crippen molar-refractivity contribution in [3.05, 3.63) is 59.6 Å². The summed E-state index contributed by atoms with van der Waals surface area (Å²) >= 11 is 0. The van der Waals surface area contributed by atoms with Crippen LogP contribution in [0.1, 0.15) is 28.1 Å². The number of nitrogens with zero attached hydrogens (tertiary/aromatic N) is 3. The molecule has 0 aliphatic rings. The SMILES string of the molecule is COc1ccc2oc(C(=O)N(CCC#N)Cc3cccnc3)c(C)c2c1. The van der Waals surface area contributed by atoms with Crippen LogP contribution >= 0.6 is 0 Å². The second-order valence-corrected chi connectivity index (χ2v) is 5.91. The summed E-state index contributed by atoms with van der Waals surface area (Å²) in [5.74, 6) is 0.754. The number of fused-ring (bicyclic) bond motifs is 1. The van der Waals surface area contributed by atoms with Crippen LogP contribution in [0.2, 0.25) is 0 Å². The highest BCUT2D eigenvalue weighted by molar-refractivity contribution is 5.99. The number of carbonyl (C=O) groups is 1. The number of aryl methyl sites for hydroxylation is 1. The van der Waals surface area contributed by atoms with Gasteiger partial charge in [-0.05, 0) is 36.8 Å². The van der Waals surface area contributed by atoms with Crippen LogP contribution in [0.3, 0.4) is 0 Å². The van der Waals surface area contributed by atoms with Crippen molar-refractivity contribution in [2.45, 2.75) is 19.9 Å². The zero-order valence-corrected chi connectivity index (χ0v) is 14.7. The predicted molar refractivity (Wildman–Crippen MR) is 96.7 cm³/mol. The summed E-state index contributed by atoms with van der Waals surface area (Å²) < 4.78 is 11.1. The number of furan rings is 1. The van der Waals surface area contributed by atoms with Crippen molar-refractivity contribution >= 4 is 16.9 Å². The van der Waals surface area contributed by atoms with Crippen LogP contribution in [0, 0.1) is 18.3 Å². The van der Waals surface area contributed by atoms with Gasteiger partial charge in [0.05, 0.1) is 19.6 Å². The number of pyridine rings is 1. The molecule has 1 amide bonds. The van der Waals surface area contributed by atoms with E-state index in [4.69, 9.17) is 14.4 Å². The molecule has 132 valence electrons. The predicted octanol–water partition coefficient (Wildman–Crippen LogP) is 3.70. The van der Waals surface area contributed by atoms with Gasteiger partial charge in [0.1, 0.15) is 11.3 Å². The molecule has 0 unspecified atom stereocenters. The Morgan fingerprint density at radius 2 is 2.23 bits per heavy atom. The second kappa shape index (κ2) is 7.70. The molecule has 0 spiro atoms. The Balaban J connectivity index is 1.94. The molecule has 2 aromatic heterocycles. The lowest BCUT2D eigenvalue weighted by molar-refractivity contribution is 0.0716. The van der Waals surface area contributed by atoms with E-state index in [2.05, 4.69) is 11.1 Å². The summed E-state index contributed by atoms with van der Waals surface area (Å²) in [6.45, 7) is 2.54. The van der Waals surface area contributed by atoms with Crippen LogP contribution in [0.25, 0.3) is 11.0 Å². The molecule has 0 aliphatic carbocycles. The number of carbonyl (C=O) groups excluding carboxylic acids is 1. The largest absolute Gasteiger partial charge is 0.497 e. The standard InChI is InChI=1S/C20H19N3O3/c1-14-17-11-16(25-2)6-7-18(17)26-19(14)20(24)23(10-4-8-21)13-15-5-3-9-22-12-15/h3,5-7,9,11-12H,4,10,13H2,1-2H3. The van der Waals surface area contributed by atoms with Crippen molar-refractivity contribution < 1.29 is 13.9 Å². The van der Waals surface area contributed by atoms with Crippen molar-refractivity contribution in [3.63, 3.8) is 0 Å². The zero-order valence-electron chi connectivity index (χ0n) is 14.7. The van der Waals surface area contributed by atoms with Gasteiger partial charge in [-0.1, -0.05) is 6.07 Å². The topological polar surface area (TPSA) is 79.4 Å². The number of hydrogen-bond acceptors (Lipinski definition) is 5. The molecule has 0 N–H and O–H groups in total. The third kappa shape index (κ3) is 3.52. The number of nitriles is 1. The summed E-state index contributed by atoms with van der Waals surface area (Å²) in [7, 11) is 1.60. The summed E-state index contributed by atoms with van der Waals surface area (Å²) in [5, 5.41) is 9.76. The van der Waals surface area contributed by atoms with Gasteiger partial charge in [-0.25, -0.2) is 0 Å². The van der Waals surface area contributed by atoms with Gasteiger partial charge in [-0.3, -0.25) is 9.78 Å². The Morgan fingerprint density at radius 3 is 2.92 bits per heavy atom. The van der Waals surface area contributed by atoms with Gasteiger partial charge in [-0.15, -0.1) is 0 Å². The molecule has 26 heavy (non-hydrogen) atoms. The molecule has 0 radical (unpaired) electrons. The molecule has 3 aromatic rings. The highest BCUT2D eigenvalue weighted by Crippen LogP contribution is 2.29. The van der Waals surface area contributed by atoms with E-state index in [0.29, 0.717) is 24.4 Å². The number of amides is 1. The van der Waals surface area contributed by atoms with Gasteiger partial charge in [0.2, 0.25) is 0 Å². The number of benzene rings is 1. The first kappa shape index (κ1) is 17.5. The maximum absolute atomic E-state index is 13.1. The minimum Gasteiger partial charge on any atom is -0.497 e. The van der Waals surface area contributed by atoms with Gasteiger partial charge in [0.25, 0.3) is 5.91 Å². The fourth-order valence-electron chi connectivity index (χ4n) is 2.82. The quantitative estimate of drug-likeness (QED) is 0.678. The van der Waals surface area contributed by atoms with E-state index >= 15 is 0 Å². The van der Waals surface area contributed by atoms with Crippen molar-refractivity contribution in [2.75, 3.05) is 13.7 Å². The number of ether oxygens (including phenoxy) is 1. The first-order valence-corrected chi connectivity index (χ1v) is 8.26.